The van der Waals surface area contributed by atoms with Gasteiger partial charge in [-0.3, -0.25) is 9.80 Å². The first-order valence-corrected chi connectivity index (χ1v) is 7.93. The zero-order valence-corrected chi connectivity index (χ0v) is 13.1. The monoisotopic (exact) mass is 265 g/mol. The maximum atomic E-state index is 2.74. The van der Waals surface area contributed by atoms with E-state index in [9.17, 15) is 0 Å². The van der Waals surface area contributed by atoms with Crippen LogP contribution in [0.1, 0.15) is 33.1 Å². The summed E-state index contributed by atoms with van der Waals surface area (Å²) in [6.45, 7) is 13.1. The molecule has 2 aliphatic heterocycles. The van der Waals surface area contributed by atoms with Crippen LogP contribution < -0.4 is 0 Å². The maximum Gasteiger partial charge on any atom is 0.0224 e. The molecule has 0 radical (unpaired) electrons. The third kappa shape index (κ3) is 4.90. The van der Waals surface area contributed by atoms with Crippen LogP contribution in [0.25, 0.3) is 0 Å². The topological polar surface area (TPSA) is 9.72 Å². The number of rotatable bonds is 3. The van der Waals surface area contributed by atoms with Crippen LogP contribution in [-0.2, 0) is 0 Å². The maximum absolute atomic E-state index is 2.74. The standard InChI is InChI=1S/C16H31N3/c1-15(2)7-9-18-8-5-4-6-16(14-18)19-12-10-17(3)11-13-19/h7,16H,4-6,8-14H2,1-3H3/t16-/m1/s1. The first kappa shape index (κ1) is 15.0. The molecule has 2 saturated heterocycles. The molecule has 3 heteroatoms. The Morgan fingerprint density at radius 1 is 1.05 bits per heavy atom. The van der Waals surface area contributed by atoms with Crippen molar-refractivity contribution in [1.29, 1.82) is 0 Å². The van der Waals surface area contributed by atoms with E-state index in [2.05, 4.69) is 41.7 Å². The zero-order valence-electron chi connectivity index (χ0n) is 13.1. The summed E-state index contributed by atoms with van der Waals surface area (Å²) in [5.74, 6) is 0. The van der Waals surface area contributed by atoms with Crippen LogP contribution >= 0.6 is 0 Å². The van der Waals surface area contributed by atoms with Gasteiger partial charge < -0.3 is 4.90 Å². The van der Waals surface area contributed by atoms with Gasteiger partial charge in [-0.05, 0) is 40.3 Å². The first-order valence-electron chi connectivity index (χ1n) is 7.93. The van der Waals surface area contributed by atoms with Crippen LogP contribution in [0.2, 0.25) is 0 Å². The molecule has 19 heavy (non-hydrogen) atoms. The van der Waals surface area contributed by atoms with E-state index in [0.29, 0.717) is 0 Å². The summed E-state index contributed by atoms with van der Waals surface area (Å²) < 4.78 is 0. The molecule has 0 saturated carbocycles. The van der Waals surface area contributed by atoms with Gasteiger partial charge in [0.1, 0.15) is 0 Å². The van der Waals surface area contributed by atoms with Gasteiger partial charge in [0.05, 0.1) is 0 Å². The molecule has 0 aromatic heterocycles. The second-order valence-corrected chi connectivity index (χ2v) is 6.53. The van der Waals surface area contributed by atoms with Gasteiger partial charge >= 0.3 is 0 Å². The van der Waals surface area contributed by atoms with Gasteiger partial charge in [0, 0.05) is 45.3 Å². The van der Waals surface area contributed by atoms with Gasteiger partial charge in [0.25, 0.3) is 0 Å². The van der Waals surface area contributed by atoms with E-state index in [-0.39, 0.29) is 0 Å². The zero-order chi connectivity index (χ0) is 13.7. The first-order chi connectivity index (χ1) is 9.15. The predicted octanol–water partition coefficient (Wildman–Crippen LogP) is 2.05. The molecular weight excluding hydrogens is 234 g/mol. The lowest BCUT2D eigenvalue weighted by atomic mass is 10.1. The van der Waals surface area contributed by atoms with Crippen molar-refractivity contribution in [2.75, 3.05) is 52.9 Å². The smallest absolute Gasteiger partial charge is 0.0224 e. The second kappa shape index (κ2) is 7.41. The molecule has 2 fully saturated rings. The minimum atomic E-state index is 0.793. The summed E-state index contributed by atoms with van der Waals surface area (Å²) in [6, 6.07) is 0.793. The van der Waals surface area contributed by atoms with Crippen molar-refractivity contribution in [2.24, 2.45) is 0 Å². The van der Waals surface area contributed by atoms with Crippen molar-refractivity contribution in [3.05, 3.63) is 11.6 Å². The number of hydrogen-bond acceptors (Lipinski definition) is 3. The minimum Gasteiger partial charge on any atom is -0.304 e. The largest absolute Gasteiger partial charge is 0.304 e. The highest BCUT2D eigenvalue weighted by molar-refractivity contribution is 4.96. The Labute approximate surface area is 119 Å². The van der Waals surface area contributed by atoms with E-state index in [0.717, 1.165) is 12.6 Å². The number of piperazine rings is 1. The van der Waals surface area contributed by atoms with Crippen molar-refractivity contribution in [3.63, 3.8) is 0 Å². The van der Waals surface area contributed by atoms with E-state index in [1.54, 1.807) is 0 Å². The fourth-order valence-electron chi connectivity index (χ4n) is 3.16. The lowest BCUT2D eigenvalue weighted by molar-refractivity contribution is 0.0912. The van der Waals surface area contributed by atoms with E-state index >= 15 is 0 Å². The molecule has 0 aliphatic carbocycles. The fraction of sp³-hybridized carbons (Fsp3) is 0.875. The minimum absolute atomic E-state index is 0.793. The Kier molecular flexibility index (Phi) is 5.86. The number of likely N-dealkylation sites (tertiary alicyclic amines) is 1. The highest BCUT2D eigenvalue weighted by Gasteiger charge is 2.25. The van der Waals surface area contributed by atoms with Crippen LogP contribution in [0.4, 0.5) is 0 Å². The normalized spacial score (nSPS) is 28.1. The lowest BCUT2D eigenvalue weighted by Gasteiger charge is -2.39. The van der Waals surface area contributed by atoms with Crippen molar-refractivity contribution >= 4 is 0 Å². The van der Waals surface area contributed by atoms with Crippen molar-refractivity contribution in [2.45, 2.75) is 39.2 Å². The molecule has 1 atom stereocenters. The molecule has 2 aliphatic rings. The molecule has 0 aromatic rings. The van der Waals surface area contributed by atoms with E-state index in [1.807, 2.05) is 0 Å². The highest BCUT2D eigenvalue weighted by Crippen LogP contribution is 2.17. The number of allylic oxidation sites excluding steroid dienone is 1. The van der Waals surface area contributed by atoms with E-state index in [4.69, 9.17) is 0 Å². The Morgan fingerprint density at radius 2 is 1.79 bits per heavy atom. The molecule has 2 heterocycles. The molecule has 0 amide bonds. The number of hydrogen-bond donors (Lipinski definition) is 0. The van der Waals surface area contributed by atoms with Gasteiger partial charge in [-0.15, -0.1) is 0 Å². The van der Waals surface area contributed by atoms with Crippen molar-refractivity contribution in [1.82, 2.24) is 14.7 Å². The molecule has 0 spiro atoms. The fourth-order valence-corrected chi connectivity index (χ4v) is 3.16. The summed E-state index contributed by atoms with van der Waals surface area (Å²) in [7, 11) is 2.24. The molecule has 0 unspecified atom stereocenters. The molecule has 2 rings (SSSR count). The average Bonchev–Trinajstić information content (AvgIpc) is 2.63. The summed E-state index contributed by atoms with van der Waals surface area (Å²) in [5, 5.41) is 0. The van der Waals surface area contributed by atoms with E-state index < -0.39 is 0 Å². The second-order valence-electron chi connectivity index (χ2n) is 6.53. The Balaban J connectivity index is 1.87. The number of likely N-dealkylation sites (N-methyl/N-ethyl adjacent to an activating group) is 1. The van der Waals surface area contributed by atoms with E-state index in [1.165, 1.54) is 64.1 Å². The predicted molar refractivity (Wildman–Crippen MR) is 82.6 cm³/mol. The third-order valence-corrected chi connectivity index (χ3v) is 4.54. The summed E-state index contributed by atoms with van der Waals surface area (Å²) in [6.07, 6.45) is 6.56. The Bertz CT molecular complexity index is 288. The quantitative estimate of drug-likeness (QED) is 0.723. The SMILES string of the molecule is CC(C)=CCN1CCCC[C@@H](N2CCN(C)CC2)C1. The van der Waals surface area contributed by atoms with Crippen molar-refractivity contribution in [3.8, 4) is 0 Å². The van der Waals surface area contributed by atoms with Crippen LogP contribution in [0.3, 0.4) is 0 Å². The molecule has 3 nitrogen and oxygen atoms in total. The number of nitrogens with zero attached hydrogens (tertiary/aromatic N) is 3. The summed E-state index contributed by atoms with van der Waals surface area (Å²) in [4.78, 5) is 7.85. The lowest BCUT2D eigenvalue weighted by Crippen LogP contribution is -2.51. The van der Waals surface area contributed by atoms with Gasteiger partial charge in [-0.1, -0.05) is 18.1 Å². The van der Waals surface area contributed by atoms with Crippen molar-refractivity contribution < 1.29 is 0 Å². The van der Waals surface area contributed by atoms with Crippen LogP contribution in [0, 0.1) is 0 Å². The molecule has 110 valence electrons. The highest BCUT2D eigenvalue weighted by atomic mass is 15.3. The molecule has 0 bridgehead atoms. The third-order valence-electron chi connectivity index (χ3n) is 4.54. The summed E-state index contributed by atoms with van der Waals surface area (Å²) >= 11 is 0. The Hall–Kier alpha value is -0.380. The molecular formula is C16H31N3. The Morgan fingerprint density at radius 3 is 2.47 bits per heavy atom. The van der Waals surface area contributed by atoms with Crippen LogP contribution in [0.15, 0.2) is 11.6 Å². The van der Waals surface area contributed by atoms with Gasteiger partial charge in [-0.25, -0.2) is 0 Å². The van der Waals surface area contributed by atoms with Gasteiger partial charge in [0.2, 0.25) is 0 Å². The van der Waals surface area contributed by atoms with Crippen LogP contribution in [0.5, 0.6) is 0 Å². The van der Waals surface area contributed by atoms with Gasteiger partial charge in [-0.2, -0.15) is 0 Å². The molecule has 0 N–H and O–H groups in total. The molecule has 0 aromatic carbocycles. The average molecular weight is 265 g/mol. The van der Waals surface area contributed by atoms with Crippen LogP contribution in [-0.4, -0.2) is 73.6 Å². The summed E-state index contributed by atoms with van der Waals surface area (Å²) in [5.41, 5.74) is 1.44. The van der Waals surface area contributed by atoms with Gasteiger partial charge in [0.15, 0.2) is 0 Å².